The van der Waals surface area contributed by atoms with E-state index in [1.165, 1.54) is 6.08 Å². The minimum Gasteiger partial charge on any atom is -0.458 e. The van der Waals surface area contributed by atoms with E-state index in [0.29, 0.717) is 24.5 Å². The second kappa shape index (κ2) is 8.45. The highest BCUT2D eigenvalue weighted by atomic mass is 16.6. The number of rotatable bonds is 9. The molecule has 0 radical (unpaired) electrons. The molecule has 138 valence electrons. The minimum absolute atomic E-state index is 0.0406. The molecule has 1 N–H and O–H groups in total. The van der Waals surface area contributed by atoms with Gasteiger partial charge in [0.15, 0.2) is 0 Å². The van der Waals surface area contributed by atoms with Crippen molar-refractivity contribution in [1.29, 1.82) is 0 Å². The van der Waals surface area contributed by atoms with E-state index in [0.717, 1.165) is 12.8 Å². The van der Waals surface area contributed by atoms with Crippen LogP contribution in [-0.4, -0.2) is 48.7 Å². The molecule has 0 spiro atoms. The van der Waals surface area contributed by atoms with Crippen molar-refractivity contribution in [3.63, 3.8) is 0 Å². The number of hydrogen-bond donors (Lipinski definition) is 1. The Kier molecular flexibility index (Phi) is 6.84. The number of carbonyl (C=O) groups excluding carboxylic acids is 1. The Morgan fingerprint density at radius 1 is 1.29 bits per heavy atom. The molecule has 0 aliphatic carbocycles. The van der Waals surface area contributed by atoms with Crippen molar-refractivity contribution in [1.82, 2.24) is 0 Å². The molecule has 2 aliphatic heterocycles. The highest BCUT2D eigenvalue weighted by Crippen LogP contribution is 2.33. The summed E-state index contributed by atoms with van der Waals surface area (Å²) < 4.78 is 16.6. The molecule has 2 rings (SSSR count). The predicted molar refractivity (Wildman–Crippen MR) is 91.5 cm³/mol. The van der Waals surface area contributed by atoms with Crippen molar-refractivity contribution in [2.45, 2.75) is 77.5 Å². The van der Waals surface area contributed by atoms with Crippen molar-refractivity contribution in [3.05, 3.63) is 12.2 Å². The molecule has 0 aromatic heterocycles. The van der Waals surface area contributed by atoms with Crippen molar-refractivity contribution < 1.29 is 24.1 Å². The summed E-state index contributed by atoms with van der Waals surface area (Å²) >= 11 is 0. The fourth-order valence-corrected chi connectivity index (χ4v) is 3.84. The standard InChI is InChI=1S/C19H32O5/c1-6-14-7-8-18(21)24-17(14)10-15(20)12(3)19(22-5)11(2)9-16-13(4)23-16/h7-8,11-17,19-20H,6,9-10H2,1-5H3/t11-,12-,13?,14+,15+,16?,17+,19+/m0/s1. The van der Waals surface area contributed by atoms with E-state index in [9.17, 15) is 9.90 Å². The Morgan fingerprint density at radius 3 is 2.50 bits per heavy atom. The fourth-order valence-electron chi connectivity index (χ4n) is 3.84. The van der Waals surface area contributed by atoms with E-state index in [1.807, 2.05) is 13.0 Å². The molecule has 1 fully saturated rings. The van der Waals surface area contributed by atoms with Crippen LogP contribution in [0.25, 0.3) is 0 Å². The molecule has 8 atom stereocenters. The van der Waals surface area contributed by atoms with Crippen LogP contribution < -0.4 is 0 Å². The number of aliphatic hydroxyl groups is 1. The minimum atomic E-state index is -0.576. The van der Waals surface area contributed by atoms with E-state index in [1.54, 1.807) is 7.11 Å². The molecule has 0 bridgehead atoms. The van der Waals surface area contributed by atoms with Crippen LogP contribution in [0.3, 0.4) is 0 Å². The number of epoxide rings is 1. The summed E-state index contributed by atoms with van der Waals surface area (Å²) in [7, 11) is 1.69. The number of ether oxygens (including phenoxy) is 3. The van der Waals surface area contributed by atoms with Crippen molar-refractivity contribution in [3.8, 4) is 0 Å². The van der Waals surface area contributed by atoms with Gasteiger partial charge in [-0.2, -0.15) is 0 Å². The predicted octanol–water partition coefficient (Wildman–Crippen LogP) is 2.71. The van der Waals surface area contributed by atoms with Gasteiger partial charge in [-0.1, -0.05) is 26.8 Å². The largest absolute Gasteiger partial charge is 0.458 e. The Bertz CT molecular complexity index is 449. The zero-order chi connectivity index (χ0) is 17.9. The van der Waals surface area contributed by atoms with Gasteiger partial charge in [0.25, 0.3) is 0 Å². The summed E-state index contributed by atoms with van der Waals surface area (Å²) in [5.74, 6) is 0.108. The zero-order valence-electron chi connectivity index (χ0n) is 15.5. The van der Waals surface area contributed by atoms with Gasteiger partial charge in [-0.25, -0.2) is 4.79 Å². The van der Waals surface area contributed by atoms with Gasteiger partial charge in [0.2, 0.25) is 0 Å². The van der Waals surface area contributed by atoms with E-state index < -0.39 is 6.10 Å². The molecule has 0 saturated carbocycles. The summed E-state index contributed by atoms with van der Waals surface area (Å²) in [4.78, 5) is 11.5. The van der Waals surface area contributed by atoms with Gasteiger partial charge in [0.05, 0.1) is 24.4 Å². The molecule has 5 heteroatoms. The second-order valence-corrected chi connectivity index (χ2v) is 7.36. The van der Waals surface area contributed by atoms with Gasteiger partial charge >= 0.3 is 5.97 Å². The van der Waals surface area contributed by atoms with Crippen LogP contribution in [0.15, 0.2) is 12.2 Å². The fraction of sp³-hybridized carbons (Fsp3) is 0.842. The highest BCUT2D eigenvalue weighted by molar-refractivity contribution is 5.82. The Morgan fingerprint density at radius 2 is 1.96 bits per heavy atom. The number of carbonyl (C=O) groups is 1. The van der Waals surface area contributed by atoms with Gasteiger partial charge < -0.3 is 19.3 Å². The quantitative estimate of drug-likeness (QED) is 0.516. The van der Waals surface area contributed by atoms with Crippen molar-refractivity contribution in [2.75, 3.05) is 7.11 Å². The molecule has 2 aliphatic rings. The maximum Gasteiger partial charge on any atom is 0.330 e. The van der Waals surface area contributed by atoms with Crippen LogP contribution >= 0.6 is 0 Å². The molecule has 2 heterocycles. The lowest BCUT2D eigenvalue weighted by Gasteiger charge is -2.34. The average molecular weight is 340 g/mol. The summed E-state index contributed by atoms with van der Waals surface area (Å²) in [6, 6.07) is 0. The van der Waals surface area contributed by atoms with Crippen LogP contribution in [-0.2, 0) is 19.0 Å². The van der Waals surface area contributed by atoms with E-state index in [-0.39, 0.29) is 30.0 Å². The topological polar surface area (TPSA) is 68.3 Å². The van der Waals surface area contributed by atoms with Crippen molar-refractivity contribution in [2.24, 2.45) is 17.8 Å². The van der Waals surface area contributed by atoms with Crippen LogP contribution in [0.2, 0.25) is 0 Å². The molecular formula is C19H32O5. The summed E-state index contributed by atoms with van der Waals surface area (Å²) in [6.07, 6.45) is 5.42. The first-order chi connectivity index (χ1) is 11.4. The summed E-state index contributed by atoms with van der Waals surface area (Å²) in [5.41, 5.74) is 0. The zero-order valence-corrected chi connectivity index (χ0v) is 15.5. The Hall–Kier alpha value is -0.910. The normalized spacial score (nSPS) is 34.3. The molecule has 0 aromatic carbocycles. The maximum absolute atomic E-state index is 11.5. The van der Waals surface area contributed by atoms with E-state index >= 15 is 0 Å². The number of cyclic esters (lactones) is 1. The monoisotopic (exact) mass is 340 g/mol. The number of hydrogen-bond acceptors (Lipinski definition) is 5. The van der Waals surface area contributed by atoms with Gasteiger partial charge in [-0.15, -0.1) is 0 Å². The number of methoxy groups -OCH3 is 1. The van der Waals surface area contributed by atoms with Gasteiger partial charge in [-0.05, 0) is 25.7 Å². The Labute approximate surface area is 145 Å². The van der Waals surface area contributed by atoms with E-state index in [4.69, 9.17) is 14.2 Å². The third kappa shape index (κ3) is 4.80. The SMILES string of the molecule is CC[C@@H]1C=CC(=O)O[C@@H]1C[C@@H](O)[C@H](C)[C@H](OC)[C@@H](C)CC1OC1C. The van der Waals surface area contributed by atoms with Crippen LogP contribution in [0.1, 0.15) is 47.0 Å². The Balaban J connectivity index is 1.92. The lowest BCUT2D eigenvalue weighted by atomic mass is 9.82. The molecule has 1 saturated heterocycles. The second-order valence-electron chi connectivity index (χ2n) is 7.36. The van der Waals surface area contributed by atoms with Crippen LogP contribution in [0.4, 0.5) is 0 Å². The van der Waals surface area contributed by atoms with Crippen LogP contribution in [0.5, 0.6) is 0 Å². The van der Waals surface area contributed by atoms with Crippen molar-refractivity contribution >= 4 is 5.97 Å². The third-order valence-corrected chi connectivity index (χ3v) is 5.57. The van der Waals surface area contributed by atoms with E-state index in [2.05, 4.69) is 20.8 Å². The van der Waals surface area contributed by atoms with Gasteiger partial charge in [0, 0.05) is 31.4 Å². The average Bonchev–Trinajstić information content (AvgIpc) is 3.22. The first-order valence-corrected chi connectivity index (χ1v) is 9.12. The highest BCUT2D eigenvalue weighted by Gasteiger charge is 2.39. The molecular weight excluding hydrogens is 308 g/mol. The third-order valence-electron chi connectivity index (χ3n) is 5.57. The molecule has 0 amide bonds. The molecule has 24 heavy (non-hydrogen) atoms. The lowest BCUT2D eigenvalue weighted by Crippen LogP contribution is -2.40. The number of esters is 1. The molecule has 5 nitrogen and oxygen atoms in total. The smallest absolute Gasteiger partial charge is 0.330 e. The summed E-state index contributed by atoms with van der Waals surface area (Å²) in [5, 5.41) is 10.7. The first kappa shape index (κ1) is 19.4. The van der Waals surface area contributed by atoms with Crippen LogP contribution in [0, 0.1) is 17.8 Å². The molecule has 2 unspecified atom stereocenters. The van der Waals surface area contributed by atoms with Gasteiger partial charge in [-0.3, -0.25) is 0 Å². The lowest BCUT2D eigenvalue weighted by molar-refractivity contribution is -0.149. The van der Waals surface area contributed by atoms with Gasteiger partial charge in [0.1, 0.15) is 6.10 Å². The number of aliphatic hydroxyl groups excluding tert-OH is 1. The molecule has 0 aromatic rings. The maximum atomic E-state index is 11.5. The first-order valence-electron chi connectivity index (χ1n) is 9.12. The summed E-state index contributed by atoms with van der Waals surface area (Å²) in [6.45, 7) is 8.29.